The Morgan fingerprint density at radius 2 is 1.94 bits per heavy atom. The molecule has 0 aliphatic carbocycles. The quantitative estimate of drug-likeness (QED) is 0.781. The molecule has 0 atom stereocenters. The number of hydrogen-bond donors (Lipinski definition) is 1. The van der Waals surface area contributed by atoms with Crippen LogP contribution in [0.5, 0.6) is 0 Å². The predicted molar refractivity (Wildman–Crippen MR) is 63.6 cm³/mol. The third-order valence-electron chi connectivity index (χ3n) is 2.89. The van der Waals surface area contributed by atoms with Crippen LogP contribution in [0.25, 0.3) is 11.3 Å². The topological polar surface area (TPSA) is 45.8 Å². The van der Waals surface area contributed by atoms with Crippen LogP contribution in [0.15, 0.2) is 18.2 Å². The number of benzene rings is 1. The Morgan fingerprint density at radius 1 is 1.19 bits per heavy atom. The average Bonchev–Trinajstić information content (AvgIpc) is 2.63. The van der Waals surface area contributed by atoms with Gasteiger partial charge in [0.2, 0.25) is 0 Å². The summed E-state index contributed by atoms with van der Waals surface area (Å²) in [6.45, 7) is 5.97. The largest absolute Gasteiger partial charge is 0.298 e. The van der Waals surface area contributed by atoms with Gasteiger partial charge in [0.25, 0.3) is 0 Å². The van der Waals surface area contributed by atoms with Gasteiger partial charge in [0.05, 0.1) is 5.56 Å². The van der Waals surface area contributed by atoms with Gasteiger partial charge in [-0.3, -0.25) is 9.89 Å². The molecule has 2 rings (SSSR count). The van der Waals surface area contributed by atoms with Gasteiger partial charge in [0.15, 0.2) is 6.29 Å². The first-order chi connectivity index (χ1) is 7.63. The second kappa shape index (κ2) is 3.93. The molecule has 3 heteroatoms. The van der Waals surface area contributed by atoms with Gasteiger partial charge in [-0.25, -0.2) is 0 Å². The van der Waals surface area contributed by atoms with Crippen molar-refractivity contribution in [2.45, 2.75) is 20.8 Å². The lowest BCUT2D eigenvalue weighted by Crippen LogP contribution is -1.88. The Balaban J connectivity index is 2.58. The Bertz CT molecular complexity index is 541. The summed E-state index contributed by atoms with van der Waals surface area (Å²) in [4.78, 5) is 11.0. The fourth-order valence-electron chi connectivity index (χ4n) is 1.69. The smallest absolute Gasteiger partial charge is 0.154 e. The van der Waals surface area contributed by atoms with Gasteiger partial charge in [0, 0.05) is 11.3 Å². The van der Waals surface area contributed by atoms with Crippen molar-refractivity contribution >= 4 is 6.29 Å². The highest BCUT2D eigenvalue weighted by Crippen LogP contribution is 2.24. The minimum Gasteiger partial charge on any atom is -0.298 e. The van der Waals surface area contributed by atoms with Crippen LogP contribution in [0.2, 0.25) is 0 Å². The summed E-state index contributed by atoms with van der Waals surface area (Å²) in [5.74, 6) is 0. The van der Waals surface area contributed by atoms with Crippen molar-refractivity contribution in [2.75, 3.05) is 0 Å². The van der Waals surface area contributed by atoms with E-state index >= 15 is 0 Å². The summed E-state index contributed by atoms with van der Waals surface area (Å²) in [6.07, 6.45) is 0.851. The number of nitrogens with zero attached hydrogens (tertiary/aromatic N) is 1. The SMILES string of the molecule is Cc1ccc(-c2n[nH]c(C)c2C=O)cc1C. The average molecular weight is 214 g/mol. The first kappa shape index (κ1) is 10.6. The number of carbonyl (C=O) groups excluding carboxylic acids is 1. The molecule has 1 N–H and O–H groups in total. The molecule has 1 heterocycles. The van der Waals surface area contributed by atoms with E-state index in [1.807, 2.05) is 19.1 Å². The Kier molecular flexibility index (Phi) is 2.60. The Morgan fingerprint density at radius 3 is 2.56 bits per heavy atom. The number of aromatic amines is 1. The summed E-state index contributed by atoms with van der Waals surface area (Å²) in [5, 5.41) is 7.01. The van der Waals surface area contributed by atoms with E-state index in [1.54, 1.807) is 0 Å². The number of nitrogens with one attached hydrogen (secondary N) is 1. The van der Waals surface area contributed by atoms with Gasteiger partial charge in [-0.15, -0.1) is 0 Å². The van der Waals surface area contributed by atoms with E-state index < -0.39 is 0 Å². The van der Waals surface area contributed by atoms with Crippen molar-refractivity contribution < 1.29 is 4.79 Å². The van der Waals surface area contributed by atoms with Crippen LogP contribution in [0, 0.1) is 20.8 Å². The van der Waals surface area contributed by atoms with Gasteiger partial charge in [-0.1, -0.05) is 12.1 Å². The maximum Gasteiger partial charge on any atom is 0.154 e. The first-order valence-electron chi connectivity index (χ1n) is 5.21. The van der Waals surface area contributed by atoms with Crippen LogP contribution in [-0.2, 0) is 0 Å². The standard InChI is InChI=1S/C13H14N2O/c1-8-4-5-11(6-9(8)2)13-12(7-16)10(3)14-15-13/h4-7H,1-3H3,(H,14,15). The van der Waals surface area contributed by atoms with Crippen LogP contribution >= 0.6 is 0 Å². The fraction of sp³-hybridized carbons (Fsp3) is 0.231. The van der Waals surface area contributed by atoms with Gasteiger partial charge < -0.3 is 0 Å². The molecule has 16 heavy (non-hydrogen) atoms. The van der Waals surface area contributed by atoms with Gasteiger partial charge in [-0.2, -0.15) is 5.10 Å². The minimum atomic E-state index is 0.642. The third kappa shape index (κ3) is 1.65. The number of hydrogen-bond acceptors (Lipinski definition) is 2. The molecular formula is C13H14N2O. The van der Waals surface area contributed by atoms with Gasteiger partial charge in [0.1, 0.15) is 5.69 Å². The third-order valence-corrected chi connectivity index (χ3v) is 2.89. The van der Waals surface area contributed by atoms with Crippen LogP contribution in [0.4, 0.5) is 0 Å². The van der Waals surface area contributed by atoms with E-state index in [1.165, 1.54) is 11.1 Å². The molecule has 0 unspecified atom stereocenters. The van der Waals surface area contributed by atoms with Gasteiger partial charge >= 0.3 is 0 Å². The summed E-state index contributed by atoms with van der Waals surface area (Å²) < 4.78 is 0. The molecule has 0 saturated heterocycles. The molecule has 0 aliphatic rings. The molecule has 0 radical (unpaired) electrons. The number of carbonyl (C=O) groups is 1. The fourth-order valence-corrected chi connectivity index (χ4v) is 1.69. The van der Waals surface area contributed by atoms with Crippen molar-refractivity contribution in [1.29, 1.82) is 0 Å². The Labute approximate surface area is 94.5 Å². The second-order valence-corrected chi connectivity index (χ2v) is 4.03. The second-order valence-electron chi connectivity index (χ2n) is 4.03. The van der Waals surface area contributed by atoms with E-state index in [4.69, 9.17) is 0 Å². The Hall–Kier alpha value is -1.90. The normalized spacial score (nSPS) is 10.4. The molecule has 0 saturated carbocycles. The number of aromatic nitrogens is 2. The van der Waals surface area contributed by atoms with Gasteiger partial charge in [-0.05, 0) is 38.0 Å². The number of aryl methyl sites for hydroxylation is 3. The summed E-state index contributed by atoms with van der Waals surface area (Å²) in [5.41, 5.74) is 5.61. The number of H-pyrrole nitrogens is 1. The molecular weight excluding hydrogens is 200 g/mol. The van der Waals surface area contributed by atoms with Crippen LogP contribution in [0.3, 0.4) is 0 Å². The monoisotopic (exact) mass is 214 g/mol. The molecule has 3 nitrogen and oxygen atoms in total. The molecule has 82 valence electrons. The molecule has 1 aromatic heterocycles. The highest BCUT2D eigenvalue weighted by atomic mass is 16.1. The van der Waals surface area contributed by atoms with E-state index in [9.17, 15) is 4.79 Å². The predicted octanol–water partition coefficient (Wildman–Crippen LogP) is 2.81. The zero-order valence-corrected chi connectivity index (χ0v) is 9.66. The van der Waals surface area contributed by atoms with Crippen molar-refractivity contribution in [3.63, 3.8) is 0 Å². The van der Waals surface area contributed by atoms with Crippen LogP contribution < -0.4 is 0 Å². The maximum atomic E-state index is 11.0. The summed E-state index contributed by atoms with van der Waals surface area (Å²) in [6, 6.07) is 6.09. The van der Waals surface area contributed by atoms with E-state index in [-0.39, 0.29) is 0 Å². The molecule has 0 aliphatic heterocycles. The van der Waals surface area contributed by atoms with E-state index in [2.05, 4.69) is 30.1 Å². The summed E-state index contributed by atoms with van der Waals surface area (Å²) in [7, 11) is 0. The molecule has 0 fully saturated rings. The lowest BCUT2D eigenvalue weighted by atomic mass is 10.0. The molecule has 1 aromatic carbocycles. The minimum absolute atomic E-state index is 0.642. The zero-order chi connectivity index (χ0) is 11.7. The van der Waals surface area contributed by atoms with Crippen molar-refractivity contribution in [3.8, 4) is 11.3 Å². The number of aldehydes is 1. The highest BCUT2D eigenvalue weighted by Gasteiger charge is 2.11. The maximum absolute atomic E-state index is 11.0. The van der Waals surface area contributed by atoms with Crippen molar-refractivity contribution in [2.24, 2.45) is 0 Å². The lowest BCUT2D eigenvalue weighted by molar-refractivity contribution is 0.112. The molecule has 2 aromatic rings. The van der Waals surface area contributed by atoms with Crippen LogP contribution in [0.1, 0.15) is 27.2 Å². The number of rotatable bonds is 2. The van der Waals surface area contributed by atoms with E-state index in [0.717, 1.165) is 23.2 Å². The van der Waals surface area contributed by atoms with Crippen molar-refractivity contribution in [1.82, 2.24) is 10.2 Å². The highest BCUT2D eigenvalue weighted by molar-refractivity contribution is 5.87. The van der Waals surface area contributed by atoms with Crippen LogP contribution in [-0.4, -0.2) is 16.5 Å². The van der Waals surface area contributed by atoms with Crippen molar-refractivity contribution in [3.05, 3.63) is 40.6 Å². The zero-order valence-electron chi connectivity index (χ0n) is 9.66. The van der Waals surface area contributed by atoms with E-state index in [0.29, 0.717) is 5.56 Å². The molecule has 0 amide bonds. The molecule has 0 spiro atoms. The first-order valence-corrected chi connectivity index (χ1v) is 5.21. The summed E-state index contributed by atoms with van der Waals surface area (Å²) >= 11 is 0. The molecule has 0 bridgehead atoms. The lowest BCUT2D eigenvalue weighted by Gasteiger charge is -2.03.